The van der Waals surface area contributed by atoms with Crippen molar-refractivity contribution in [3.8, 4) is 5.75 Å². The maximum atomic E-state index is 12.7. The van der Waals surface area contributed by atoms with Crippen molar-refractivity contribution in [2.24, 2.45) is 5.92 Å². The van der Waals surface area contributed by atoms with Crippen LogP contribution in [-0.2, 0) is 11.2 Å². The summed E-state index contributed by atoms with van der Waals surface area (Å²) in [6.45, 7) is 8.26. The Bertz CT molecular complexity index is 555. The minimum atomic E-state index is -0.0396. The van der Waals surface area contributed by atoms with Crippen LogP contribution in [0.15, 0.2) is 18.2 Å². The minimum absolute atomic E-state index is 0.0396. The average Bonchev–Trinajstić information content (AvgIpc) is 3.04. The molecule has 3 rings (SSSR count). The predicted molar refractivity (Wildman–Crippen MR) is 88.8 cm³/mol. The molecule has 0 aliphatic carbocycles. The third-order valence-electron chi connectivity index (χ3n) is 4.89. The van der Waals surface area contributed by atoms with Gasteiger partial charge in [0.15, 0.2) is 0 Å². The largest absolute Gasteiger partial charge is 0.507 e. The van der Waals surface area contributed by atoms with Gasteiger partial charge in [-0.15, -0.1) is 0 Å². The first kappa shape index (κ1) is 16.3. The Balaban J connectivity index is 1.60. The summed E-state index contributed by atoms with van der Waals surface area (Å²) in [5.74, 6) is 0.569. The fourth-order valence-corrected chi connectivity index (χ4v) is 3.46. The fraction of sp³-hybridized carbons (Fsp3) is 0.611. The molecule has 1 amide bonds. The fourth-order valence-electron chi connectivity index (χ4n) is 3.46. The Hall–Kier alpha value is -1.59. The molecule has 2 aliphatic rings. The monoisotopic (exact) mass is 318 g/mol. The van der Waals surface area contributed by atoms with Gasteiger partial charge in [-0.1, -0.05) is 13.0 Å². The lowest BCUT2D eigenvalue weighted by Gasteiger charge is -2.29. The molecule has 5 nitrogen and oxygen atoms in total. The maximum absolute atomic E-state index is 12.7. The molecule has 2 heterocycles. The molecule has 5 heteroatoms. The van der Waals surface area contributed by atoms with E-state index >= 15 is 0 Å². The normalized spacial score (nSPS) is 22.5. The number of likely N-dealkylation sites (tertiary alicyclic amines) is 1. The van der Waals surface area contributed by atoms with Crippen molar-refractivity contribution >= 4 is 5.91 Å². The zero-order chi connectivity index (χ0) is 16.2. The predicted octanol–water partition coefficient (Wildman–Crippen LogP) is 1.75. The van der Waals surface area contributed by atoms with Gasteiger partial charge < -0.3 is 14.7 Å². The zero-order valence-electron chi connectivity index (χ0n) is 13.8. The summed E-state index contributed by atoms with van der Waals surface area (Å²) >= 11 is 0. The number of carbonyl (C=O) groups is 1. The summed E-state index contributed by atoms with van der Waals surface area (Å²) in [7, 11) is 0. The number of benzene rings is 1. The summed E-state index contributed by atoms with van der Waals surface area (Å²) in [4.78, 5) is 17.0. The van der Waals surface area contributed by atoms with Crippen molar-refractivity contribution in [1.82, 2.24) is 9.80 Å². The number of rotatable bonds is 4. The van der Waals surface area contributed by atoms with Crippen molar-refractivity contribution in [1.29, 1.82) is 0 Å². The maximum Gasteiger partial charge on any atom is 0.257 e. The molecular weight excluding hydrogens is 292 g/mol. The van der Waals surface area contributed by atoms with Gasteiger partial charge in [-0.3, -0.25) is 9.69 Å². The van der Waals surface area contributed by atoms with Crippen LogP contribution in [0.4, 0.5) is 0 Å². The van der Waals surface area contributed by atoms with Gasteiger partial charge in [0.05, 0.1) is 18.8 Å². The van der Waals surface area contributed by atoms with E-state index in [4.69, 9.17) is 4.74 Å². The lowest BCUT2D eigenvalue weighted by Crippen LogP contribution is -2.40. The lowest BCUT2D eigenvalue weighted by molar-refractivity contribution is 0.0310. The average molecular weight is 318 g/mol. The number of ether oxygens (including phenoxy) is 1. The van der Waals surface area contributed by atoms with Gasteiger partial charge in [0.25, 0.3) is 5.91 Å². The number of morpholine rings is 1. The third-order valence-corrected chi connectivity index (χ3v) is 4.89. The van der Waals surface area contributed by atoms with Crippen LogP contribution in [0, 0.1) is 5.92 Å². The molecule has 2 saturated heterocycles. The Kier molecular flexibility index (Phi) is 5.18. The van der Waals surface area contributed by atoms with Gasteiger partial charge in [-0.05, 0) is 36.5 Å². The highest BCUT2D eigenvalue weighted by Crippen LogP contribution is 2.25. The molecule has 1 aromatic carbocycles. The number of nitrogens with zero attached hydrogens (tertiary/aromatic N) is 2. The smallest absolute Gasteiger partial charge is 0.257 e. The number of carbonyl (C=O) groups excluding carboxylic acids is 1. The van der Waals surface area contributed by atoms with E-state index in [2.05, 4.69) is 11.8 Å². The van der Waals surface area contributed by atoms with E-state index < -0.39 is 0 Å². The number of hydrogen-bond acceptors (Lipinski definition) is 4. The molecular formula is C18H26N2O3. The Morgan fingerprint density at radius 1 is 1.30 bits per heavy atom. The van der Waals surface area contributed by atoms with Gasteiger partial charge >= 0.3 is 0 Å². The number of aryl methyl sites for hydroxylation is 1. The number of aromatic hydroxyl groups is 1. The van der Waals surface area contributed by atoms with E-state index in [1.165, 1.54) is 0 Å². The van der Waals surface area contributed by atoms with Crippen molar-refractivity contribution in [2.45, 2.75) is 19.8 Å². The van der Waals surface area contributed by atoms with E-state index in [1.807, 2.05) is 17.0 Å². The van der Waals surface area contributed by atoms with Crippen molar-refractivity contribution < 1.29 is 14.6 Å². The summed E-state index contributed by atoms with van der Waals surface area (Å²) < 4.78 is 5.38. The molecule has 1 atom stereocenters. The summed E-state index contributed by atoms with van der Waals surface area (Å²) in [6.07, 6.45) is 1.90. The van der Waals surface area contributed by atoms with Gasteiger partial charge in [0.1, 0.15) is 5.75 Å². The zero-order valence-corrected chi connectivity index (χ0v) is 13.8. The number of phenols is 1. The molecule has 2 aliphatic heterocycles. The van der Waals surface area contributed by atoms with E-state index in [9.17, 15) is 9.90 Å². The highest BCUT2D eigenvalue weighted by atomic mass is 16.5. The first-order chi connectivity index (χ1) is 11.2. The number of phenolic OH excluding ortho intramolecular Hbond substituents is 1. The van der Waals surface area contributed by atoms with Crippen LogP contribution in [0.3, 0.4) is 0 Å². The topological polar surface area (TPSA) is 53.0 Å². The molecule has 0 spiro atoms. The lowest BCUT2D eigenvalue weighted by atomic mass is 10.1. The summed E-state index contributed by atoms with van der Waals surface area (Å²) in [6, 6.07) is 5.33. The van der Waals surface area contributed by atoms with Gasteiger partial charge in [-0.2, -0.15) is 0 Å². The molecule has 2 fully saturated rings. The Labute approximate surface area is 137 Å². The molecule has 0 saturated carbocycles. The molecule has 1 unspecified atom stereocenters. The summed E-state index contributed by atoms with van der Waals surface area (Å²) in [5, 5.41) is 10.0. The van der Waals surface area contributed by atoms with Gasteiger partial charge in [-0.25, -0.2) is 0 Å². The molecule has 1 N–H and O–H groups in total. The second-order valence-electron chi connectivity index (χ2n) is 6.52. The third kappa shape index (κ3) is 3.85. The standard InChI is InChI=1S/C18H26N2O3/c1-2-14-3-4-17(21)16(11-14)18(22)20-6-5-15(13-20)12-19-7-9-23-10-8-19/h3-4,11,15,21H,2,5-10,12-13H2,1H3. The van der Waals surface area contributed by atoms with E-state index in [0.717, 1.165) is 64.3 Å². The highest BCUT2D eigenvalue weighted by Gasteiger charge is 2.29. The molecule has 0 radical (unpaired) electrons. The second-order valence-corrected chi connectivity index (χ2v) is 6.52. The van der Waals surface area contributed by atoms with E-state index in [0.29, 0.717) is 11.5 Å². The van der Waals surface area contributed by atoms with Crippen molar-refractivity contribution in [3.63, 3.8) is 0 Å². The molecule has 0 bridgehead atoms. The van der Waals surface area contributed by atoms with Crippen LogP contribution < -0.4 is 0 Å². The SMILES string of the molecule is CCc1ccc(O)c(C(=O)N2CCC(CN3CCOCC3)C2)c1. The summed E-state index contributed by atoms with van der Waals surface area (Å²) in [5.41, 5.74) is 1.52. The first-order valence-corrected chi connectivity index (χ1v) is 8.58. The molecule has 126 valence electrons. The van der Waals surface area contributed by atoms with E-state index in [-0.39, 0.29) is 11.7 Å². The van der Waals surface area contributed by atoms with Crippen LogP contribution in [0.1, 0.15) is 29.3 Å². The first-order valence-electron chi connectivity index (χ1n) is 8.58. The van der Waals surface area contributed by atoms with Crippen LogP contribution in [0.2, 0.25) is 0 Å². The molecule has 0 aromatic heterocycles. The molecule has 23 heavy (non-hydrogen) atoms. The van der Waals surface area contributed by atoms with E-state index in [1.54, 1.807) is 6.07 Å². The molecule has 1 aromatic rings. The van der Waals surface area contributed by atoms with Crippen LogP contribution in [0.25, 0.3) is 0 Å². The number of hydrogen-bond donors (Lipinski definition) is 1. The van der Waals surface area contributed by atoms with Crippen LogP contribution in [-0.4, -0.2) is 66.8 Å². The highest BCUT2D eigenvalue weighted by molar-refractivity contribution is 5.97. The Morgan fingerprint density at radius 2 is 2.09 bits per heavy atom. The number of amides is 1. The second kappa shape index (κ2) is 7.32. The van der Waals surface area contributed by atoms with Crippen LogP contribution in [0.5, 0.6) is 5.75 Å². The Morgan fingerprint density at radius 3 is 2.83 bits per heavy atom. The van der Waals surface area contributed by atoms with Gasteiger partial charge in [0.2, 0.25) is 0 Å². The van der Waals surface area contributed by atoms with Crippen molar-refractivity contribution in [3.05, 3.63) is 29.3 Å². The van der Waals surface area contributed by atoms with Crippen LogP contribution >= 0.6 is 0 Å². The minimum Gasteiger partial charge on any atom is -0.507 e. The van der Waals surface area contributed by atoms with Gasteiger partial charge in [0, 0.05) is 32.7 Å². The van der Waals surface area contributed by atoms with Crippen molar-refractivity contribution in [2.75, 3.05) is 45.9 Å². The quantitative estimate of drug-likeness (QED) is 0.919.